The lowest BCUT2D eigenvalue weighted by atomic mass is 9.72. The predicted octanol–water partition coefficient (Wildman–Crippen LogP) is 18.6. The Balaban J connectivity index is 0.000000125. The van der Waals surface area contributed by atoms with Crippen LogP contribution in [0.5, 0.6) is 0 Å². The van der Waals surface area contributed by atoms with Gasteiger partial charge in [-0.3, -0.25) is 68.8 Å². The number of nitrogens with zero attached hydrogens (tertiary/aromatic N) is 16. The van der Waals surface area contributed by atoms with Gasteiger partial charge in [0.25, 0.3) is 0 Å². The molecule has 0 bridgehead atoms. The molecule has 5 amide bonds. The van der Waals surface area contributed by atoms with Crippen LogP contribution in [0.2, 0.25) is 5.15 Å². The fourth-order valence-corrected chi connectivity index (χ4v) is 15.9. The third kappa shape index (κ3) is 21.9. The SMILES string of the molecule is CC(C)(C)OCCC(=O)Nc1nc2ccc(Cl)nc2n1-c1ccc(F)cn1.COC(C)CCC(=O)Nc1nc2ccc(C)nc2n1C1CCC1.Cc1ccc2nc(NC(=O)CC3CC(C)(F)C3)n(C3CCC3)c2n1.Cc1ccc2nc(NC(=O)CCc3ccco3)n(C3CCC3)c2n1.Cc1ccc2nc(NC(=O)CCc3cccs3)n(C3CCC3)c2n1. The van der Waals surface area contributed by atoms with Crippen LogP contribution in [0.4, 0.5) is 38.5 Å². The number of halogens is 3. The zero-order valence-electron chi connectivity index (χ0n) is 70.7. The first-order valence-electron chi connectivity index (χ1n) is 42.1. The molecule has 1 atom stereocenters. The van der Waals surface area contributed by atoms with Crippen molar-refractivity contribution in [1.82, 2.24) is 77.7 Å². The quantitative estimate of drug-likeness (QED) is 0.0332. The van der Waals surface area contributed by atoms with Crippen LogP contribution in [-0.4, -0.2) is 138 Å². The highest BCUT2D eigenvalue weighted by molar-refractivity contribution is 7.09. The molecule has 642 valence electrons. The fraction of sp³-hybridized carbons (Fsp3) is 0.461. The van der Waals surface area contributed by atoms with Gasteiger partial charge in [0.05, 0.1) is 37.2 Å². The van der Waals surface area contributed by atoms with E-state index in [9.17, 15) is 32.8 Å². The molecule has 5 aliphatic carbocycles. The molecular weight excluding hydrogens is 1600 g/mol. The second-order valence-corrected chi connectivity index (χ2v) is 34.8. The van der Waals surface area contributed by atoms with E-state index in [0.29, 0.717) is 116 Å². The molecule has 0 aromatic carbocycles. The Kier molecular flexibility index (Phi) is 27.7. The van der Waals surface area contributed by atoms with Gasteiger partial charge in [0.2, 0.25) is 59.3 Å². The van der Waals surface area contributed by atoms with E-state index in [1.165, 1.54) is 47.3 Å². The highest BCUT2D eigenvalue weighted by Gasteiger charge is 2.42. The third-order valence-corrected chi connectivity index (χ3v) is 23.6. The Bertz CT molecular complexity index is 5690. The number of pyridine rings is 6. The Hall–Kier alpha value is -11.4. The van der Waals surface area contributed by atoms with Gasteiger partial charge in [0, 0.05) is 91.0 Å². The molecular formula is C89H106ClF2N21O8S. The van der Waals surface area contributed by atoms with Crippen molar-refractivity contribution in [3.63, 3.8) is 0 Å². The number of aromatic nitrogens is 16. The first kappa shape index (κ1) is 87.0. The lowest BCUT2D eigenvalue weighted by Gasteiger charge is -2.38. The third-order valence-electron chi connectivity index (χ3n) is 22.4. The summed E-state index contributed by atoms with van der Waals surface area (Å²) in [5.74, 6) is 3.09. The van der Waals surface area contributed by atoms with Crippen LogP contribution in [0.25, 0.3) is 61.6 Å². The van der Waals surface area contributed by atoms with Crippen molar-refractivity contribution in [3.05, 3.63) is 159 Å². The second kappa shape index (κ2) is 38.8. The maximum absolute atomic E-state index is 13.6. The number of carbonyl (C=O) groups excluding carboxylic acids is 5. The number of aryl methyl sites for hydroxylation is 6. The van der Waals surface area contributed by atoms with E-state index in [2.05, 4.69) is 106 Å². The van der Waals surface area contributed by atoms with E-state index in [1.54, 1.807) is 43.8 Å². The summed E-state index contributed by atoms with van der Waals surface area (Å²) in [6.07, 6.45) is 21.3. The fourth-order valence-electron chi connectivity index (χ4n) is 15.1. The number of amides is 5. The number of ether oxygens (including phenoxy) is 2. The summed E-state index contributed by atoms with van der Waals surface area (Å²) in [6.45, 7) is 17.5. The van der Waals surface area contributed by atoms with Gasteiger partial charge in [-0.05, 0) is 267 Å². The number of furan rings is 1. The molecule has 5 fully saturated rings. The predicted molar refractivity (Wildman–Crippen MR) is 468 cm³/mol. The molecule has 0 radical (unpaired) electrons. The standard InChI is InChI=1S/C18H19ClFN5O2.C18H23FN4O.C18H20N4O2.C18H20N4OS.C17H24N4O2/c1-18(2,3)27-9-8-15(26)24-17-22-12-5-6-13(19)23-16(12)25(17)14-7-4-11(20)10-21-14;1-11-6-7-14-16(20-11)23(13-4-3-5-13)17(21-14)22-15(24)8-12-9-18(2,19)10-12;2*1-12-7-9-15-17(19-12)22(13-4-2-5-13)18(20-15)21-16(23)10-8-14-6-3-11-24-14;1-11-7-9-14-16(18-11)21(13-5-4-6-13)17(19-14)20-15(22)10-8-12(2)23-3/h4-7,10H,8-9H2,1-3H3,(H,22,24,26);6-7,12-13H,3-5,8-10H2,1-2H3,(H,21,22,24);2*3,6-7,9,11,13H,2,4-5,8,10H2,1H3,(H,20,21,23);7,9,12-13H,4-6,8,10H2,1-3H3,(H,19,20,22). The molecule has 0 aliphatic heterocycles. The molecule has 5 aliphatic rings. The monoisotopic (exact) mass is 1700 g/mol. The van der Waals surface area contributed by atoms with E-state index in [1.807, 2.05) is 127 Å². The molecule has 5 saturated carbocycles. The zero-order chi connectivity index (χ0) is 85.9. The number of carbonyl (C=O) groups is 5. The smallest absolute Gasteiger partial charge is 0.229 e. The normalized spacial score (nSPS) is 16.7. The Labute approximate surface area is 714 Å². The maximum atomic E-state index is 13.6. The number of thiophene rings is 1. The second-order valence-electron chi connectivity index (χ2n) is 33.4. The summed E-state index contributed by atoms with van der Waals surface area (Å²) in [5.41, 5.74) is 10.1. The first-order valence-corrected chi connectivity index (χ1v) is 43.4. The van der Waals surface area contributed by atoms with Crippen LogP contribution in [-0.2, 0) is 46.3 Å². The first-order chi connectivity index (χ1) is 58.6. The lowest BCUT2D eigenvalue weighted by Crippen LogP contribution is -2.38. The summed E-state index contributed by atoms with van der Waals surface area (Å²) in [5, 5.41) is 16.9. The lowest BCUT2D eigenvalue weighted by molar-refractivity contribution is -0.119. The van der Waals surface area contributed by atoms with E-state index >= 15 is 0 Å². The maximum Gasteiger partial charge on any atom is 0.229 e. The van der Waals surface area contributed by atoms with Gasteiger partial charge in [-0.2, -0.15) is 0 Å². The molecule has 0 spiro atoms. The van der Waals surface area contributed by atoms with Gasteiger partial charge in [0.15, 0.2) is 28.2 Å². The van der Waals surface area contributed by atoms with Gasteiger partial charge < -0.3 is 13.9 Å². The number of hydrogen-bond acceptors (Lipinski definition) is 20. The van der Waals surface area contributed by atoms with Crippen molar-refractivity contribution in [1.29, 1.82) is 0 Å². The van der Waals surface area contributed by atoms with Crippen molar-refractivity contribution in [2.75, 3.05) is 40.3 Å². The minimum Gasteiger partial charge on any atom is -0.469 e. The van der Waals surface area contributed by atoms with Crippen LogP contribution in [0, 0.1) is 39.4 Å². The number of hydrogen-bond donors (Lipinski definition) is 5. The minimum atomic E-state index is -1.09. The van der Waals surface area contributed by atoms with Crippen molar-refractivity contribution < 1.29 is 46.6 Å². The van der Waals surface area contributed by atoms with Crippen molar-refractivity contribution in [2.45, 2.75) is 245 Å². The van der Waals surface area contributed by atoms with Crippen molar-refractivity contribution in [2.24, 2.45) is 5.92 Å². The van der Waals surface area contributed by atoms with Crippen LogP contribution >= 0.6 is 22.9 Å². The number of anilines is 5. The number of alkyl halides is 1. The van der Waals surface area contributed by atoms with Gasteiger partial charge >= 0.3 is 0 Å². The summed E-state index contributed by atoms with van der Waals surface area (Å²) < 4.78 is 52.8. The van der Waals surface area contributed by atoms with Gasteiger partial charge in [-0.25, -0.2) is 68.2 Å². The molecule has 122 heavy (non-hydrogen) atoms. The molecule has 13 aromatic heterocycles. The van der Waals surface area contributed by atoms with Crippen molar-refractivity contribution >= 4 is 138 Å². The van der Waals surface area contributed by atoms with E-state index in [4.69, 9.17) is 25.5 Å². The number of methoxy groups -OCH3 is 1. The highest BCUT2D eigenvalue weighted by atomic mass is 35.5. The molecule has 29 nitrogen and oxygen atoms in total. The average Bonchev–Trinajstić information content (AvgIpc) is 1.66. The average molecular weight is 1700 g/mol. The van der Waals surface area contributed by atoms with Gasteiger partial charge in [-0.15, -0.1) is 11.3 Å². The van der Waals surface area contributed by atoms with Crippen LogP contribution in [0.3, 0.4) is 0 Å². The number of fused-ring (bicyclic) bond motifs is 5. The molecule has 13 aromatic rings. The van der Waals surface area contributed by atoms with Crippen LogP contribution < -0.4 is 26.6 Å². The van der Waals surface area contributed by atoms with Crippen LogP contribution in [0.1, 0.15) is 221 Å². The van der Waals surface area contributed by atoms with Gasteiger partial charge in [-0.1, -0.05) is 17.7 Å². The number of nitrogens with one attached hydrogen (secondary N) is 5. The summed E-state index contributed by atoms with van der Waals surface area (Å²) in [4.78, 5) is 112. The summed E-state index contributed by atoms with van der Waals surface area (Å²) >= 11 is 7.68. The Morgan fingerprint density at radius 3 is 1.36 bits per heavy atom. The Morgan fingerprint density at radius 1 is 0.533 bits per heavy atom. The number of rotatable bonds is 25. The Morgan fingerprint density at radius 2 is 0.959 bits per heavy atom. The minimum absolute atomic E-state index is 0.0102. The number of imidazole rings is 5. The van der Waals surface area contributed by atoms with E-state index in [-0.39, 0.29) is 71.3 Å². The topological polar surface area (TPSA) is 344 Å². The molecule has 5 N–H and O–H groups in total. The van der Waals surface area contributed by atoms with Crippen LogP contribution in [0.15, 0.2) is 119 Å². The molecule has 13 heterocycles. The largest absolute Gasteiger partial charge is 0.469 e. The van der Waals surface area contributed by atoms with Crippen molar-refractivity contribution in [3.8, 4) is 5.82 Å². The summed E-state index contributed by atoms with van der Waals surface area (Å²) in [6, 6.07) is 31.0. The highest BCUT2D eigenvalue weighted by Crippen LogP contribution is 2.44. The van der Waals surface area contributed by atoms with Gasteiger partial charge in [0.1, 0.15) is 55.8 Å². The molecule has 33 heteroatoms. The molecule has 0 saturated heterocycles. The van der Waals surface area contributed by atoms with E-state index < -0.39 is 11.5 Å². The van der Waals surface area contributed by atoms with E-state index in [0.717, 1.165) is 137 Å². The molecule has 1 unspecified atom stereocenters. The zero-order valence-corrected chi connectivity index (χ0v) is 72.2. The summed E-state index contributed by atoms with van der Waals surface area (Å²) in [7, 11) is 1.66. The molecule has 18 rings (SSSR count).